The largest absolute Gasteiger partial charge is 0.505 e. The molecule has 1 aliphatic heterocycles. The third-order valence-corrected chi connectivity index (χ3v) is 6.13. The highest BCUT2D eigenvalue weighted by Crippen LogP contribution is 2.33. The number of aromatic nitrogens is 1. The molecule has 1 aliphatic rings. The van der Waals surface area contributed by atoms with Crippen molar-refractivity contribution in [3.8, 4) is 17.0 Å². The first-order chi connectivity index (χ1) is 15.4. The zero-order valence-electron chi connectivity index (χ0n) is 17.2. The number of amides is 1. The van der Waals surface area contributed by atoms with Crippen molar-refractivity contribution in [2.75, 3.05) is 13.1 Å². The van der Waals surface area contributed by atoms with Gasteiger partial charge < -0.3 is 10.4 Å². The maximum atomic E-state index is 13.4. The monoisotopic (exact) mass is 473 g/mol. The third-order valence-electron chi connectivity index (χ3n) is 5.55. The highest BCUT2D eigenvalue weighted by molar-refractivity contribution is 6.37. The maximum absolute atomic E-state index is 13.4. The van der Waals surface area contributed by atoms with Gasteiger partial charge >= 0.3 is 0 Å². The van der Waals surface area contributed by atoms with Crippen molar-refractivity contribution in [1.29, 1.82) is 0 Å². The Labute approximate surface area is 195 Å². The van der Waals surface area contributed by atoms with Crippen molar-refractivity contribution in [2.24, 2.45) is 0 Å². The summed E-state index contributed by atoms with van der Waals surface area (Å²) in [6.07, 6.45) is 3.16. The van der Waals surface area contributed by atoms with E-state index in [1.165, 1.54) is 18.3 Å². The van der Waals surface area contributed by atoms with Crippen molar-refractivity contribution < 1.29 is 14.3 Å². The number of nitrogens with zero attached hydrogens (tertiary/aromatic N) is 2. The van der Waals surface area contributed by atoms with Gasteiger partial charge in [-0.05, 0) is 54.8 Å². The van der Waals surface area contributed by atoms with Crippen LogP contribution in [0.15, 0.2) is 54.7 Å². The molecule has 5 nitrogen and oxygen atoms in total. The Morgan fingerprint density at radius 2 is 1.84 bits per heavy atom. The number of benzene rings is 2. The second-order valence-electron chi connectivity index (χ2n) is 7.87. The van der Waals surface area contributed by atoms with Crippen LogP contribution in [0.5, 0.6) is 5.75 Å². The second kappa shape index (κ2) is 9.86. The fraction of sp³-hybridized carbons (Fsp3) is 0.250. The number of phenolic OH excluding ortho intramolecular Hbond substituents is 1. The van der Waals surface area contributed by atoms with E-state index in [2.05, 4.69) is 15.2 Å². The van der Waals surface area contributed by atoms with Crippen LogP contribution in [-0.4, -0.2) is 40.0 Å². The van der Waals surface area contributed by atoms with Crippen LogP contribution in [0.4, 0.5) is 4.39 Å². The Balaban J connectivity index is 1.30. The molecule has 1 aromatic heterocycles. The van der Waals surface area contributed by atoms with Gasteiger partial charge in [0.15, 0.2) is 5.75 Å². The molecule has 2 aromatic carbocycles. The predicted octanol–water partition coefficient (Wildman–Crippen LogP) is 5.29. The summed E-state index contributed by atoms with van der Waals surface area (Å²) < 4.78 is 13.4. The molecule has 0 spiro atoms. The first-order valence-corrected chi connectivity index (χ1v) is 11.1. The highest BCUT2D eigenvalue weighted by atomic mass is 35.5. The van der Waals surface area contributed by atoms with Crippen LogP contribution in [0.2, 0.25) is 10.0 Å². The number of halogens is 3. The van der Waals surface area contributed by atoms with Crippen LogP contribution in [0.25, 0.3) is 11.3 Å². The lowest BCUT2D eigenvalue weighted by atomic mass is 10.0. The first kappa shape index (κ1) is 22.5. The first-order valence-electron chi connectivity index (χ1n) is 10.3. The van der Waals surface area contributed by atoms with Crippen LogP contribution in [0, 0.1) is 5.82 Å². The zero-order chi connectivity index (χ0) is 22.7. The average Bonchev–Trinajstić information content (AvgIpc) is 2.79. The normalized spacial score (nSPS) is 15.0. The molecule has 0 radical (unpaired) electrons. The Morgan fingerprint density at radius 3 is 2.47 bits per heavy atom. The zero-order valence-corrected chi connectivity index (χ0v) is 18.7. The summed E-state index contributed by atoms with van der Waals surface area (Å²) in [6.45, 7) is 2.31. The van der Waals surface area contributed by atoms with Gasteiger partial charge in [0.05, 0.1) is 21.3 Å². The van der Waals surface area contributed by atoms with Gasteiger partial charge in [0.1, 0.15) is 5.82 Å². The molecular formula is C24H22Cl2FN3O2. The molecule has 1 saturated heterocycles. The molecule has 2 N–H and O–H groups in total. The van der Waals surface area contributed by atoms with E-state index >= 15 is 0 Å². The summed E-state index contributed by atoms with van der Waals surface area (Å²) >= 11 is 12.0. The van der Waals surface area contributed by atoms with E-state index < -0.39 is 0 Å². The minimum Gasteiger partial charge on any atom is -0.505 e. The number of rotatable bonds is 5. The van der Waals surface area contributed by atoms with E-state index in [1.54, 1.807) is 36.4 Å². The fourth-order valence-corrected chi connectivity index (χ4v) is 4.35. The fourth-order valence-electron chi connectivity index (χ4n) is 3.82. The van der Waals surface area contributed by atoms with Gasteiger partial charge in [-0.15, -0.1) is 0 Å². The quantitative estimate of drug-likeness (QED) is 0.527. The van der Waals surface area contributed by atoms with Gasteiger partial charge in [-0.2, -0.15) is 0 Å². The molecule has 0 aliphatic carbocycles. The third kappa shape index (κ3) is 5.38. The Kier molecular flexibility index (Phi) is 6.94. The lowest BCUT2D eigenvalue weighted by molar-refractivity contribution is 0.0908. The van der Waals surface area contributed by atoms with Crippen molar-refractivity contribution >= 4 is 29.1 Å². The SMILES string of the molecule is O=C(NC1CCN(Cc2cc(Cl)c(O)c(Cl)c2)CC1)c1ccc(-c2cccc(F)c2)nc1. The number of aromatic hydroxyl groups is 1. The standard InChI is InChI=1S/C24H22Cl2FN3O2/c25-20-10-15(11-21(26)23(20)31)14-30-8-6-19(7-9-30)29-24(32)17-4-5-22(28-13-17)16-2-1-3-18(27)12-16/h1-5,10-13,19,31H,6-9,14H2,(H,29,32). The number of phenols is 1. The number of carbonyl (C=O) groups is 1. The van der Waals surface area contributed by atoms with Crippen molar-refractivity contribution in [3.05, 3.63) is 81.7 Å². The van der Waals surface area contributed by atoms with E-state index in [0.717, 1.165) is 31.5 Å². The van der Waals surface area contributed by atoms with E-state index in [-0.39, 0.29) is 33.6 Å². The lowest BCUT2D eigenvalue weighted by Gasteiger charge is -2.32. The van der Waals surface area contributed by atoms with Crippen LogP contribution in [0.3, 0.4) is 0 Å². The molecular weight excluding hydrogens is 452 g/mol. The smallest absolute Gasteiger partial charge is 0.253 e. The topological polar surface area (TPSA) is 65.5 Å². The van der Waals surface area contributed by atoms with Crippen molar-refractivity contribution in [2.45, 2.75) is 25.4 Å². The van der Waals surface area contributed by atoms with Crippen LogP contribution in [-0.2, 0) is 6.54 Å². The molecule has 8 heteroatoms. The molecule has 166 valence electrons. The highest BCUT2D eigenvalue weighted by Gasteiger charge is 2.22. The predicted molar refractivity (Wildman–Crippen MR) is 124 cm³/mol. The molecule has 4 rings (SSSR count). The van der Waals surface area contributed by atoms with Gasteiger partial charge in [-0.25, -0.2) is 4.39 Å². The number of carbonyl (C=O) groups excluding carboxylic acids is 1. The minimum atomic E-state index is -0.325. The second-order valence-corrected chi connectivity index (χ2v) is 8.69. The number of nitrogens with one attached hydrogen (secondary N) is 1. The molecule has 0 saturated carbocycles. The summed E-state index contributed by atoms with van der Waals surface area (Å²) in [5, 5.41) is 13.3. The lowest BCUT2D eigenvalue weighted by Crippen LogP contribution is -2.44. The van der Waals surface area contributed by atoms with Crippen molar-refractivity contribution in [3.63, 3.8) is 0 Å². The van der Waals surface area contributed by atoms with E-state index in [9.17, 15) is 14.3 Å². The number of hydrogen-bond donors (Lipinski definition) is 2. The van der Waals surface area contributed by atoms with Crippen LogP contribution in [0.1, 0.15) is 28.8 Å². The van der Waals surface area contributed by atoms with E-state index in [1.807, 2.05) is 0 Å². The number of piperidine rings is 1. The van der Waals surface area contributed by atoms with Gasteiger partial charge in [-0.1, -0.05) is 35.3 Å². The number of hydrogen-bond acceptors (Lipinski definition) is 4. The molecule has 3 aromatic rings. The summed E-state index contributed by atoms with van der Waals surface area (Å²) in [5.41, 5.74) is 2.69. The molecule has 2 heterocycles. The van der Waals surface area contributed by atoms with Crippen LogP contribution < -0.4 is 5.32 Å². The van der Waals surface area contributed by atoms with E-state index in [0.29, 0.717) is 23.4 Å². The van der Waals surface area contributed by atoms with Gasteiger partial charge in [0.2, 0.25) is 0 Å². The summed E-state index contributed by atoms with van der Waals surface area (Å²) in [4.78, 5) is 19.2. The molecule has 0 bridgehead atoms. The van der Waals surface area contributed by atoms with E-state index in [4.69, 9.17) is 23.2 Å². The molecule has 0 atom stereocenters. The summed E-state index contributed by atoms with van der Waals surface area (Å²) in [5.74, 6) is -0.593. The number of pyridine rings is 1. The Hall–Kier alpha value is -2.67. The molecule has 32 heavy (non-hydrogen) atoms. The molecule has 1 amide bonds. The van der Waals surface area contributed by atoms with Crippen molar-refractivity contribution in [1.82, 2.24) is 15.2 Å². The summed E-state index contributed by atoms with van der Waals surface area (Å²) in [6, 6.07) is 13.1. The molecule has 0 unspecified atom stereocenters. The Morgan fingerprint density at radius 1 is 1.12 bits per heavy atom. The van der Waals surface area contributed by atoms with Crippen LogP contribution >= 0.6 is 23.2 Å². The molecule has 1 fully saturated rings. The summed E-state index contributed by atoms with van der Waals surface area (Å²) in [7, 11) is 0. The Bertz CT molecular complexity index is 1090. The number of likely N-dealkylation sites (tertiary alicyclic amines) is 1. The van der Waals surface area contributed by atoms with Gasteiger partial charge in [-0.3, -0.25) is 14.7 Å². The average molecular weight is 474 g/mol. The maximum Gasteiger partial charge on any atom is 0.253 e. The van der Waals surface area contributed by atoms with Gasteiger partial charge in [0, 0.05) is 37.4 Å². The minimum absolute atomic E-state index is 0.0774. The van der Waals surface area contributed by atoms with Gasteiger partial charge in [0.25, 0.3) is 5.91 Å².